The largest absolute Gasteiger partial charge is 0.309 e. The Hall–Kier alpha value is -0.900. The highest BCUT2D eigenvalue weighted by molar-refractivity contribution is 9.10. The van der Waals surface area contributed by atoms with E-state index in [-0.39, 0.29) is 0 Å². The van der Waals surface area contributed by atoms with Crippen molar-refractivity contribution < 1.29 is 0 Å². The van der Waals surface area contributed by atoms with Gasteiger partial charge in [0, 0.05) is 23.6 Å². The van der Waals surface area contributed by atoms with Crippen molar-refractivity contribution in [1.82, 2.24) is 10.2 Å². The third-order valence-corrected chi connectivity index (χ3v) is 4.14. The molecule has 0 saturated heterocycles. The highest BCUT2D eigenvalue weighted by Gasteiger charge is 2.05. The molecule has 0 aliphatic rings. The van der Waals surface area contributed by atoms with E-state index in [9.17, 15) is 0 Å². The molecule has 1 N–H and O–H groups in total. The van der Waals surface area contributed by atoms with Gasteiger partial charge in [-0.2, -0.15) is 0 Å². The van der Waals surface area contributed by atoms with Gasteiger partial charge in [0.2, 0.25) is 0 Å². The summed E-state index contributed by atoms with van der Waals surface area (Å²) >= 11 is 3.51. The van der Waals surface area contributed by atoms with Crippen molar-refractivity contribution in [2.24, 2.45) is 0 Å². The molecule has 3 heteroatoms. The van der Waals surface area contributed by atoms with Gasteiger partial charge in [-0.05, 0) is 55.1 Å². The van der Waals surface area contributed by atoms with Gasteiger partial charge in [0.05, 0.1) is 0 Å². The fourth-order valence-electron chi connectivity index (χ4n) is 2.33. The summed E-state index contributed by atoms with van der Waals surface area (Å²) in [4.78, 5) is 2.33. The minimum absolute atomic E-state index is 0.501. The lowest BCUT2D eigenvalue weighted by Gasteiger charge is -2.20. The van der Waals surface area contributed by atoms with Gasteiger partial charge in [-0.3, -0.25) is 0 Å². The maximum absolute atomic E-state index is 3.59. The number of halogens is 1. The molecule has 1 unspecified atom stereocenters. The Morgan fingerprint density at radius 3 is 2.60 bits per heavy atom. The van der Waals surface area contributed by atoms with E-state index in [0.717, 1.165) is 24.1 Å². The van der Waals surface area contributed by atoms with Gasteiger partial charge in [0.1, 0.15) is 0 Å². The molecule has 0 amide bonds. The van der Waals surface area contributed by atoms with Gasteiger partial charge in [-0.1, -0.05) is 41.1 Å². The van der Waals surface area contributed by atoms with E-state index < -0.39 is 0 Å². The molecule has 0 saturated carbocycles. The van der Waals surface area contributed by atoms with Crippen LogP contribution in [-0.4, -0.2) is 31.1 Å². The Morgan fingerprint density at radius 2 is 1.85 bits per heavy atom. The first-order valence-electron chi connectivity index (χ1n) is 7.18. The van der Waals surface area contributed by atoms with Crippen molar-refractivity contribution in [2.45, 2.75) is 26.4 Å². The summed E-state index contributed by atoms with van der Waals surface area (Å²) in [6.07, 6.45) is 0. The molecule has 0 radical (unpaired) electrons. The van der Waals surface area contributed by atoms with Crippen LogP contribution in [0.5, 0.6) is 0 Å². The Morgan fingerprint density at radius 1 is 1.15 bits per heavy atom. The van der Waals surface area contributed by atoms with Crippen LogP contribution in [0.2, 0.25) is 0 Å². The molecule has 108 valence electrons. The predicted octanol–water partition coefficient (Wildman–Crippen LogP) is 4.03. The summed E-state index contributed by atoms with van der Waals surface area (Å²) in [6.45, 7) is 7.52. The van der Waals surface area contributed by atoms with Crippen LogP contribution in [-0.2, 0) is 6.54 Å². The zero-order chi connectivity index (χ0) is 14.5. The van der Waals surface area contributed by atoms with Crippen molar-refractivity contribution in [3.8, 4) is 0 Å². The number of likely N-dealkylation sites (N-methyl/N-ethyl adjacent to an activating group) is 1. The normalized spacial score (nSPS) is 13.1. The van der Waals surface area contributed by atoms with Gasteiger partial charge >= 0.3 is 0 Å². The number of nitrogens with zero attached hydrogens (tertiary/aromatic N) is 1. The van der Waals surface area contributed by atoms with Crippen LogP contribution in [0.1, 0.15) is 19.4 Å². The molecular formula is C17H23BrN2. The molecule has 1 atom stereocenters. The quantitative estimate of drug-likeness (QED) is 0.857. The second kappa shape index (κ2) is 7.21. The molecule has 20 heavy (non-hydrogen) atoms. The van der Waals surface area contributed by atoms with Crippen LogP contribution in [0.3, 0.4) is 0 Å². The van der Waals surface area contributed by atoms with Crippen molar-refractivity contribution in [1.29, 1.82) is 0 Å². The maximum atomic E-state index is 3.59. The molecule has 2 rings (SSSR count). The summed E-state index contributed by atoms with van der Waals surface area (Å²) in [5.41, 5.74) is 1.34. The van der Waals surface area contributed by atoms with Crippen LogP contribution in [0, 0.1) is 0 Å². The molecule has 2 aromatic carbocycles. The first-order chi connectivity index (χ1) is 9.58. The van der Waals surface area contributed by atoms with E-state index in [2.05, 4.69) is 83.4 Å². The minimum atomic E-state index is 0.501. The summed E-state index contributed by atoms with van der Waals surface area (Å²) < 4.78 is 1.13. The summed E-state index contributed by atoms with van der Waals surface area (Å²) in [7, 11) is 2.16. The van der Waals surface area contributed by atoms with E-state index >= 15 is 0 Å². The van der Waals surface area contributed by atoms with Gasteiger partial charge in [-0.15, -0.1) is 0 Å². The Balaban J connectivity index is 1.98. The second-order valence-corrected chi connectivity index (χ2v) is 6.38. The van der Waals surface area contributed by atoms with Gasteiger partial charge < -0.3 is 10.2 Å². The topological polar surface area (TPSA) is 15.3 Å². The number of rotatable bonds is 6. The van der Waals surface area contributed by atoms with Gasteiger partial charge in [0.15, 0.2) is 0 Å². The average molecular weight is 335 g/mol. The number of hydrogen-bond donors (Lipinski definition) is 1. The van der Waals surface area contributed by atoms with Crippen LogP contribution in [0.4, 0.5) is 0 Å². The lowest BCUT2D eigenvalue weighted by molar-refractivity contribution is 0.309. The number of hydrogen-bond acceptors (Lipinski definition) is 2. The Bertz CT molecular complexity index is 568. The van der Waals surface area contributed by atoms with Crippen LogP contribution in [0.25, 0.3) is 10.8 Å². The Labute approximate surface area is 130 Å². The monoisotopic (exact) mass is 334 g/mol. The molecule has 0 aliphatic carbocycles. The average Bonchev–Trinajstić information content (AvgIpc) is 2.44. The molecule has 0 bridgehead atoms. The third-order valence-electron chi connectivity index (χ3n) is 3.65. The molecule has 2 aromatic rings. The molecule has 0 fully saturated rings. The van der Waals surface area contributed by atoms with E-state index in [1.54, 1.807) is 0 Å². The first kappa shape index (κ1) is 15.5. The van der Waals surface area contributed by atoms with Gasteiger partial charge in [0.25, 0.3) is 0 Å². The van der Waals surface area contributed by atoms with E-state index in [1.165, 1.54) is 16.3 Å². The smallest absolute Gasteiger partial charge is 0.0208 e. The Kier molecular flexibility index (Phi) is 5.58. The van der Waals surface area contributed by atoms with E-state index in [1.807, 2.05) is 0 Å². The highest BCUT2D eigenvalue weighted by atomic mass is 79.9. The zero-order valence-electron chi connectivity index (χ0n) is 12.5. The van der Waals surface area contributed by atoms with Crippen LogP contribution in [0.15, 0.2) is 40.9 Å². The standard InChI is InChI=1S/C17H23BrN2/c1-4-20(3)12-13(2)19-11-14-5-6-16-10-17(18)8-7-15(16)9-14/h5-10,13,19H,4,11-12H2,1-3H3. The van der Waals surface area contributed by atoms with Crippen LogP contribution < -0.4 is 5.32 Å². The summed E-state index contributed by atoms with van der Waals surface area (Å²) in [5, 5.41) is 6.17. The van der Waals surface area contributed by atoms with Crippen molar-refractivity contribution >= 4 is 26.7 Å². The van der Waals surface area contributed by atoms with Gasteiger partial charge in [-0.25, -0.2) is 0 Å². The molecule has 2 nitrogen and oxygen atoms in total. The van der Waals surface area contributed by atoms with Crippen molar-refractivity contribution in [2.75, 3.05) is 20.1 Å². The number of benzene rings is 2. The molecule has 0 heterocycles. The molecule has 0 spiro atoms. The number of fused-ring (bicyclic) bond motifs is 1. The molecular weight excluding hydrogens is 312 g/mol. The van der Waals surface area contributed by atoms with E-state index in [4.69, 9.17) is 0 Å². The second-order valence-electron chi connectivity index (χ2n) is 5.46. The minimum Gasteiger partial charge on any atom is -0.309 e. The van der Waals surface area contributed by atoms with Crippen LogP contribution >= 0.6 is 15.9 Å². The SMILES string of the molecule is CCN(C)CC(C)NCc1ccc2cc(Br)ccc2c1. The first-order valence-corrected chi connectivity index (χ1v) is 7.98. The fraction of sp³-hybridized carbons (Fsp3) is 0.412. The lowest BCUT2D eigenvalue weighted by atomic mass is 10.1. The van der Waals surface area contributed by atoms with E-state index in [0.29, 0.717) is 6.04 Å². The maximum Gasteiger partial charge on any atom is 0.0208 e. The zero-order valence-corrected chi connectivity index (χ0v) is 14.1. The van der Waals surface area contributed by atoms with Crippen molar-refractivity contribution in [3.63, 3.8) is 0 Å². The number of nitrogens with one attached hydrogen (secondary N) is 1. The molecule has 0 aliphatic heterocycles. The van der Waals surface area contributed by atoms with Crippen molar-refractivity contribution in [3.05, 3.63) is 46.4 Å². The third kappa shape index (κ3) is 4.30. The summed E-state index contributed by atoms with van der Waals surface area (Å²) in [5.74, 6) is 0. The lowest BCUT2D eigenvalue weighted by Crippen LogP contribution is -2.36. The molecule has 0 aromatic heterocycles. The summed E-state index contributed by atoms with van der Waals surface area (Å²) in [6, 6.07) is 13.6. The predicted molar refractivity (Wildman–Crippen MR) is 91.1 cm³/mol. The fourth-order valence-corrected chi connectivity index (χ4v) is 2.71. The highest BCUT2D eigenvalue weighted by Crippen LogP contribution is 2.20.